The first-order chi connectivity index (χ1) is 17.6. The Labute approximate surface area is 218 Å². The maximum Gasteiger partial charge on any atom is 0.420 e. The molecule has 1 atom stereocenters. The van der Waals surface area contributed by atoms with Gasteiger partial charge < -0.3 is 14.8 Å². The monoisotopic (exact) mass is 533 g/mol. The molecule has 1 amide bonds. The number of ether oxygens (including phenoxy) is 2. The van der Waals surface area contributed by atoms with E-state index in [1.807, 2.05) is 12.1 Å². The minimum Gasteiger partial charge on any atom is -0.490 e. The van der Waals surface area contributed by atoms with Crippen LogP contribution in [0.3, 0.4) is 0 Å². The summed E-state index contributed by atoms with van der Waals surface area (Å²) in [6.07, 6.45) is -2.96. The number of carbonyl (C=O) groups is 2. The molecule has 0 spiro atoms. The second-order valence-electron chi connectivity index (χ2n) is 8.64. The summed E-state index contributed by atoms with van der Waals surface area (Å²) in [6.45, 7) is 3.43. The van der Waals surface area contributed by atoms with Crippen molar-refractivity contribution in [3.05, 3.63) is 75.5 Å². The maximum atomic E-state index is 14.0. The average molecular weight is 534 g/mol. The lowest BCUT2D eigenvalue weighted by Crippen LogP contribution is -2.25. The van der Waals surface area contributed by atoms with Gasteiger partial charge in [0, 0.05) is 11.4 Å². The van der Waals surface area contributed by atoms with Crippen molar-refractivity contribution >= 4 is 23.2 Å². The Morgan fingerprint density at radius 2 is 1.78 bits per heavy atom. The van der Waals surface area contributed by atoms with Gasteiger partial charge in [-0.1, -0.05) is 36.4 Å². The van der Waals surface area contributed by atoms with Gasteiger partial charge in [0.15, 0.2) is 0 Å². The molecule has 9 heteroatoms. The van der Waals surface area contributed by atoms with E-state index in [1.54, 1.807) is 43.3 Å². The van der Waals surface area contributed by atoms with Crippen LogP contribution in [-0.4, -0.2) is 31.6 Å². The summed E-state index contributed by atoms with van der Waals surface area (Å²) >= 11 is 1.35. The predicted octanol–water partition coefficient (Wildman–Crippen LogP) is 6.83. The zero-order valence-corrected chi connectivity index (χ0v) is 21.8. The molecule has 1 unspecified atom stereocenters. The van der Waals surface area contributed by atoms with E-state index in [4.69, 9.17) is 4.74 Å². The summed E-state index contributed by atoms with van der Waals surface area (Å²) in [6, 6.07) is 15.6. The molecule has 198 valence electrons. The first-order valence-electron chi connectivity index (χ1n) is 12.0. The number of esters is 1. The third-order valence-corrected chi connectivity index (χ3v) is 7.03. The molecule has 3 rings (SSSR count). The minimum absolute atomic E-state index is 0.100. The largest absolute Gasteiger partial charge is 0.490 e. The van der Waals surface area contributed by atoms with Crippen LogP contribution in [0.5, 0.6) is 5.75 Å². The van der Waals surface area contributed by atoms with Crippen molar-refractivity contribution in [3.63, 3.8) is 0 Å². The average Bonchev–Trinajstić information content (AvgIpc) is 3.32. The minimum atomic E-state index is -4.55. The Morgan fingerprint density at radius 1 is 1.05 bits per heavy atom. The van der Waals surface area contributed by atoms with Crippen LogP contribution in [-0.2, 0) is 22.1 Å². The normalized spacial score (nSPS) is 12.2. The molecule has 1 aromatic heterocycles. The van der Waals surface area contributed by atoms with E-state index in [1.165, 1.54) is 31.4 Å². The number of thiophene rings is 1. The van der Waals surface area contributed by atoms with Gasteiger partial charge in [-0.3, -0.25) is 9.59 Å². The molecule has 0 bridgehead atoms. The lowest BCUT2D eigenvalue weighted by Gasteiger charge is -2.22. The predicted molar refractivity (Wildman–Crippen MR) is 138 cm³/mol. The van der Waals surface area contributed by atoms with E-state index in [0.717, 1.165) is 10.4 Å². The van der Waals surface area contributed by atoms with Gasteiger partial charge in [-0.15, -0.1) is 11.3 Å². The Hall–Kier alpha value is -3.33. The highest BCUT2D eigenvalue weighted by molar-refractivity contribution is 7.14. The highest BCUT2D eigenvalue weighted by Crippen LogP contribution is 2.42. The molecule has 0 saturated heterocycles. The number of aryl methyl sites for hydroxylation is 1. The SMILES string of the molecule is COC(=O)CCNC(=O)c1ccc(CCCC(C)Oc2ccc(-c3ccccc3)c(C)c2C(F)(F)F)s1. The summed E-state index contributed by atoms with van der Waals surface area (Å²) in [5.74, 6) is -0.821. The van der Waals surface area contributed by atoms with Gasteiger partial charge in [0.05, 0.1) is 24.5 Å². The van der Waals surface area contributed by atoms with Crippen LogP contribution in [0.1, 0.15) is 51.9 Å². The first kappa shape index (κ1) is 28.2. The molecule has 37 heavy (non-hydrogen) atoms. The van der Waals surface area contributed by atoms with Gasteiger partial charge in [-0.2, -0.15) is 13.2 Å². The third-order valence-electron chi connectivity index (χ3n) is 5.88. The van der Waals surface area contributed by atoms with Crippen LogP contribution < -0.4 is 10.1 Å². The molecule has 0 aliphatic rings. The fourth-order valence-corrected chi connectivity index (χ4v) is 4.97. The molecule has 0 aliphatic heterocycles. The number of hydrogen-bond acceptors (Lipinski definition) is 5. The van der Waals surface area contributed by atoms with Gasteiger partial charge in [-0.05, 0) is 68.0 Å². The van der Waals surface area contributed by atoms with E-state index >= 15 is 0 Å². The molecule has 3 aromatic rings. The fourth-order valence-electron chi connectivity index (χ4n) is 4.01. The number of nitrogens with one attached hydrogen (secondary N) is 1. The Morgan fingerprint density at radius 3 is 2.46 bits per heavy atom. The van der Waals surface area contributed by atoms with Gasteiger partial charge in [0.2, 0.25) is 0 Å². The molecule has 2 aromatic carbocycles. The van der Waals surface area contributed by atoms with Crippen LogP contribution in [0.4, 0.5) is 13.2 Å². The lowest BCUT2D eigenvalue weighted by atomic mass is 9.95. The topological polar surface area (TPSA) is 64.6 Å². The summed E-state index contributed by atoms with van der Waals surface area (Å²) in [7, 11) is 1.29. The van der Waals surface area contributed by atoms with Crippen molar-refractivity contribution < 1.29 is 32.2 Å². The van der Waals surface area contributed by atoms with Crippen molar-refractivity contribution in [2.45, 2.75) is 51.8 Å². The number of hydrogen-bond donors (Lipinski definition) is 1. The molecular weight excluding hydrogens is 503 g/mol. The highest BCUT2D eigenvalue weighted by atomic mass is 32.1. The summed E-state index contributed by atoms with van der Waals surface area (Å²) in [4.78, 5) is 24.9. The van der Waals surface area contributed by atoms with Crippen molar-refractivity contribution in [1.29, 1.82) is 0 Å². The van der Waals surface area contributed by atoms with Gasteiger partial charge >= 0.3 is 12.1 Å². The fraction of sp³-hybridized carbons (Fsp3) is 0.357. The maximum absolute atomic E-state index is 14.0. The zero-order chi connectivity index (χ0) is 27.0. The first-order valence-corrected chi connectivity index (χ1v) is 12.8. The van der Waals surface area contributed by atoms with Crippen molar-refractivity contribution in [3.8, 4) is 16.9 Å². The molecule has 5 nitrogen and oxygen atoms in total. The summed E-state index contributed by atoms with van der Waals surface area (Å²) in [5, 5.41) is 2.67. The van der Waals surface area contributed by atoms with Crippen LogP contribution in [0, 0.1) is 6.92 Å². The second-order valence-corrected chi connectivity index (χ2v) is 9.81. The van der Waals surface area contributed by atoms with Crippen molar-refractivity contribution in [2.24, 2.45) is 0 Å². The number of alkyl halides is 3. The van der Waals surface area contributed by atoms with Gasteiger partial charge in [0.1, 0.15) is 11.3 Å². The smallest absolute Gasteiger partial charge is 0.420 e. The summed E-state index contributed by atoms with van der Waals surface area (Å²) in [5.41, 5.74) is 0.634. The van der Waals surface area contributed by atoms with E-state index < -0.39 is 23.8 Å². The number of rotatable bonds is 11. The quantitative estimate of drug-likeness (QED) is 0.275. The van der Waals surface area contributed by atoms with E-state index in [9.17, 15) is 22.8 Å². The van der Waals surface area contributed by atoms with Crippen LogP contribution in [0.2, 0.25) is 0 Å². The number of halogens is 3. The van der Waals surface area contributed by atoms with Gasteiger partial charge in [0.25, 0.3) is 5.91 Å². The van der Waals surface area contributed by atoms with Crippen LogP contribution >= 0.6 is 11.3 Å². The number of carbonyl (C=O) groups excluding carboxylic acids is 2. The number of amides is 1. The molecular formula is C28H30F3NO4S. The number of methoxy groups -OCH3 is 1. The van der Waals surface area contributed by atoms with Crippen molar-refractivity contribution in [2.75, 3.05) is 13.7 Å². The second kappa shape index (κ2) is 12.8. The molecule has 0 saturated carbocycles. The van der Waals surface area contributed by atoms with Crippen molar-refractivity contribution in [1.82, 2.24) is 5.32 Å². The molecule has 0 fully saturated rings. The molecule has 0 aliphatic carbocycles. The van der Waals surface area contributed by atoms with Crippen LogP contribution in [0.15, 0.2) is 54.6 Å². The summed E-state index contributed by atoms with van der Waals surface area (Å²) < 4.78 is 52.3. The Bertz CT molecular complexity index is 1210. The Balaban J connectivity index is 1.58. The van der Waals surface area contributed by atoms with Crippen LogP contribution in [0.25, 0.3) is 11.1 Å². The standard InChI is InChI=1S/C28H30F3NO4S/c1-18(8-7-11-21-12-15-24(37-21)27(34)32-17-16-25(33)35-3)36-23-14-13-22(20-9-5-4-6-10-20)19(2)26(23)28(29,30)31/h4-6,9-10,12-15,18H,7-8,11,16-17H2,1-3H3,(H,32,34). The molecule has 0 radical (unpaired) electrons. The van der Waals surface area contributed by atoms with Gasteiger partial charge in [-0.25, -0.2) is 0 Å². The van der Waals surface area contributed by atoms with E-state index in [0.29, 0.717) is 29.7 Å². The lowest BCUT2D eigenvalue weighted by molar-refractivity contribution is -0.141. The molecule has 1 N–H and O–H groups in total. The zero-order valence-electron chi connectivity index (χ0n) is 21.0. The number of benzene rings is 2. The van der Waals surface area contributed by atoms with E-state index in [2.05, 4.69) is 10.1 Å². The third kappa shape index (κ3) is 7.82. The Kier molecular flexibility index (Phi) is 9.74. The highest BCUT2D eigenvalue weighted by Gasteiger charge is 2.37. The molecule has 1 heterocycles. The van der Waals surface area contributed by atoms with E-state index in [-0.39, 0.29) is 30.2 Å².